The molecule has 0 atom stereocenters. The van der Waals surface area contributed by atoms with E-state index in [4.69, 9.17) is 20.8 Å². The lowest BCUT2D eigenvalue weighted by Gasteiger charge is -2.22. The number of hydrogen-bond acceptors (Lipinski definition) is 8. The van der Waals surface area contributed by atoms with E-state index < -0.39 is 24.4 Å². The predicted octanol–water partition coefficient (Wildman–Crippen LogP) is 3.46. The van der Waals surface area contributed by atoms with Gasteiger partial charge in [0.2, 0.25) is 0 Å². The minimum absolute atomic E-state index is 0.0368. The number of benzene rings is 1. The number of H-pyrrole nitrogens is 1. The van der Waals surface area contributed by atoms with Crippen molar-refractivity contribution in [2.45, 2.75) is 19.4 Å². The molecule has 4 aromatic rings. The Morgan fingerprint density at radius 3 is 2.85 bits per heavy atom. The highest BCUT2D eigenvalue weighted by Gasteiger charge is 2.28. The first-order valence-corrected chi connectivity index (χ1v) is 12.1. The molecule has 1 fully saturated rings. The fourth-order valence-corrected chi connectivity index (χ4v) is 5.03. The first-order chi connectivity index (χ1) is 19.9. The maximum Gasteiger partial charge on any atom is 0.404 e. The van der Waals surface area contributed by atoms with Crippen LogP contribution in [0.15, 0.2) is 23.1 Å². The van der Waals surface area contributed by atoms with Gasteiger partial charge in [-0.25, -0.2) is 19.3 Å². The van der Waals surface area contributed by atoms with E-state index in [0.717, 1.165) is 12.8 Å². The normalized spacial score (nSPS) is 14.5. The summed E-state index contributed by atoms with van der Waals surface area (Å²) in [4.78, 5) is 30.3. The molecule has 5 rings (SSSR count). The summed E-state index contributed by atoms with van der Waals surface area (Å²) in [6.07, 6.45) is 1.81. The Bertz CT molecular complexity index is 1830. The van der Waals surface area contributed by atoms with Crippen molar-refractivity contribution in [3.63, 3.8) is 0 Å². The zero-order valence-electron chi connectivity index (χ0n) is 23.5. The van der Waals surface area contributed by atoms with Crippen LogP contribution in [0.3, 0.4) is 0 Å². The number of carbonyl (C=O) groups is 1. The van der Waals surface area contributed by atoms with Crippen LogP contribution in [0.2, 0.25) is 5.02 Å². The molecule has 0 spiro atoms. The molecular weight excluding hydrogens is 529 g/mol. The highest BCUT2D eigenvalue weighted by molar-refractivity contribution is 6.31. The molecule has 0 aliphatic carbocycles. The van der Waals surface area contributed by atoms with E-state index in [-0.39, 0.29) is 61.9 Å². The van der Waals surface area contributed by atoms with Crippen LogP contribution >= 0.6 is 11.6 Å². The van der Waals surface area contributed by atoms with E-state index >= 15 is 4.39 Å². The minimum atomic E-state index is -2.77. The number of amides is 1. The van der Waals surface area contributed by atoms with Gasteiger partial charge in [-0.2, -0.15) is 15.5 Å². The molecule has 0 saturated carbocycles. The Kier molecular flexibility index (Phi) is 5.84. The molecular formula is C25H23ClFN9O3. The van der Waals surface area contributed by atoms with Crippen LogP contribution in [0.5, 0.6) is 0 Å². The van der Waals surface area contributed by atoms with E-state index in [1.54, 1.807) is 0 Å². The molecule has 4 heterocycles. The number of aromatic nitrogens is 5. The zero-order chi connectivity index (χ0) is 30.3. The van der Waals surface area contributed by atoms with Crippen molar-refractivity contribution in [1.29, 1.82) is 5.26 Å². The van der Waals surface area contributed by atoms with Crippen LogP contribution in [0, 0.1) is 17.1 Å². The second-order valence-electron chi connectivity index (χ2n) is 8.84. The Hall–Kier alpha value is -4.70. The molecule has 0 bridgehead atoms. The summed E-state index contributed by atoms with van der Waals surface area (Å²) in [6.45, 7) is -1.78. The van der Waals surface area contributed by atoms with Gasteiger partial charge in [0.1, 0.15) is 11.9 Å². The third-order valence-corrected chi connectivity index (χ3v) is 6.86. The molecule has 0 radical (unpaired) electrons. The van der Waals surface area contributed by atoms with Crippen LogP contribution in [-0.2, 0) is 13.6 Å². The van der Waals surface area contributed by atoms with Crippen LogP contribution in [0.1, 0.15) is 28.2 Å². The van der Waals surface area contributed by atoms with Gasteiger partial charge >= 0.3 is 6.09 Å². The summed E-state index contributed by atoms with van der Waals surface area (Å²) in [6, 6.07) is 4.93. The van der Waals surface area contributed by atoms with Gasteiger partial charge in [0, 0.05) is 42.2 Å². The Labute approximate surface area is 230 Å². The Morgan fingerprint density at radius 2 is 2.15 bits per heavy atom. The highest BCUT2D eigenvalue weighted by atomic mass is 35.5. The first kappa shape index (κ1) is 22.3. The molecule has 3 aromatic heterocycles. The maximum absolute atomic E-state index is 15.8. The van der Waals surface area contributed by atoms with Gasteiger partial charge < -0.3 is 20.6 Å². The number of anilines is 2. The van der Waals surface area contributed by atoms with Crippen LogP contribution in [0.4, 0.5) is 20.7 Å². The lowest BCUT2D eigenvalue weighted by atomic mass is 9.97. The van der Waals surface area contributed by atoms with E-state index in [1.807, 2.05) is 4.90 Å². The van der Waals surface area contributed by atoms with Gasteiger partial charge in [-0.1, -0.05) is 11.6 Å². The second-order valence-corrected chi connectivity index (χ2v) is 9.25. The number of carboxylic acid groups (broad SMARTS) is 1. The summed E-state index contributed by atoms with van der Waals surface area (Å²) in [5, 5.41) is 33.9. The van der Waals surface area contributed by atoms with Crippen LogP contribution in [0.25, 0.3) is 33.3 Å². The number of hydrogen-bond donors (Lipinski definition) is 4. The van der Waals surface area contributed by atoms with Crippen LogP contribution in [-0.4, -0.2) is 56.2 Å². The molecule has 200 valence electrons. The molecule has 4 N–H and O–H groups in total. The molecule has 0 unspecified atom stereocenters. The van der Waals surface area contributed by atoms with E-state index in [0.29, 0.717) is 18.8 Å². The lowest BCUT2D eigenvalue weighted by molar-refractivity contribution is 0.194. The zero-order valence-corrected chi connectivity index (χ0v) is 21.2. The standard InChI is InChI=1S/C25H23ClFN9O3/c1-29-23-20-12(17(11-30-25(38)39)33-34-24(20)37)7-16(32-23)14-10-31-35(2)22(14)19-13(9-28)18(8-15(26)21(19)27)36-5-3-4-6-36/h7-8,10,30H,3-6,11H2,1-2H3,(H,29,32)(H,34,37)(H,38,39)/i1D3. The predicted molar refractivity (Wildman–Crippen MR) is 143 cm³/mol. The smallest absolute Gasteiger partial charge is 0.404 e. The number of nitrogens with one attached hydrogen (secondary N) is 3. The number of halogens is 2. The number of pyridine rings is 1. The minimum Gasteiger partial charge on any atom is -0.465 e. The molecule has 14 heteroatoms. The van der Waals surface area contributed by atoms with Gasteiger partial charge in [0.15, 0.2) is 5.82 Å². The third-order valence-electron chi connectivity index (χ3n) is 6.58. The number of nitriles is 1. The molecule has 1 amide bonds. The van der Waals surface area contributed by atoms with E-state index in [9.17, 15) is 14.9 Å². The average Bonchev–Trinajstić information content (AvgIpc) is 3.58. The fourth-order valence-electron chi connectivity index (χ4n) is 4.84. The molecule has 12 nitrogen and oxygen atoms in total. The summed E-state index contributed by atoms with van der Waals surface area (Å²) in [7, 11) is 1.53. The largest absolute Gasteiger partial charge is 0.465 e. The molecule has 1 aliphatic heterocycles. The summed E-state index contributed by atoms with van der Waals surface area (Å²) in [5.74, 6) is -1.20. The van der Waals surface area contributed by atoms with Crippen LogP contribution < -0.4 is 21.1 Å². The first-order valence-electron chi connectivity index (χ1n) is 13.3. The monoisotopic (exact) mass is 554 g/mol. The van der Waals surface area contributed by atoms with E-state index in [2.05, 4.69) is 37.0 Å². The van der Waals surface area contributed by atoms with Crippen molar-refractivity contribution in [2.75, 3.05) is 30.3 Å². The SMILES string of the molecule is [2H]C([2H])([2H])Nc1nc(-c2cnn(C)c2-c2c(F)c(Cl)cc(N3CCCC3)c2C#N)cc2c(CNC(=O)O)n[nH]c(=O)c12. The average molecular weight is 555 g/mol. The quantitative estimate of drug-likeness (QED) is 0.279. The highest BCUT2D eigenvalue weighted by Crippen LogP contribution is 2.42. The summed E-state index contributed by atoms with van der Waals surface area (Å²) in [5.41, 5.74) is 0.0458. The fraction of sp³-hybridized carbons (Fsp3) is 0.280. The molecule has 39 heavy (non-hydrogen) atoms. The summed E-state index contributed by atoms with van der Waals surface area (Å²) < 4.78 is 40.3. The van der Waals surface area contributed by atoms with Crippen molar-refractivity contribution in [3.05, 3.63) is 50.8 Å². The van der Waals surface area contributed by atoms with Crippen molar-refractivity contribution < 1.29 is 18.4 Å². The number of aromatic amines is 1. The number of rotatable bonds is 6. The van der Waals surface area contributed by atoms with Crippen molar-refractivity contribution in [3.8, 4) is 28.6 Å². The third kappa shape index (κ3) is 4.48. The van der Waals surface area contributed by atoms with Crippen molar-refractivity contribution in [2.24, 2.45) is 7.05 Å². The number of nitrogens with zero attached hydrogens (tertiary/aromatic N) is 6. The Morgan fingerprint density at radius 1 is 1.38 bits per heavy atom. The van der Waals surface area contributed by atoms with Crippen molar-refractivity contribution in [1.82, 2.24) is 30.3 Å². The molecule has 1 aliphatic rings. The molecule has 1 aromatic carbocycles. The number of fused-ring (bicyclic) bond motifs is 1. The number of aryl methyl sites for hydroxylation is 1. The van der Waals surface area contributed by atoms with Gasteiger partial charge in [-0.3, -0.25) is 9.48 Å². The Balaban J connectivity index is 1.81. The van der Waals surface area contributed by atoms with E-state index in [1.165, 1.54) is 30.1 Å². The van der Waals surface area contributed by atoms with Gasteiger partial charge in [-0.05, 0) is 25.0 Å². The van der Waals surface area contributed by atoms with Gasteiger partial charge in [0.25, 0.3) is 5.56 Å². The van der Waals surface area contributed by atoms with Gasteiger partial charge in [-0.15, -0.1) is 0 Å². The second kappa shape index (κ2) is 10.2. The topological polar surface area (TPSA) is 165 Å². The van der Waals surface area contributed by atoms with Crippen molar-refractivity contribution >= 4 is 40.0 Å². The molecule has 1 saturated heterocycles. The summed E-state index contributed by atoms with van der Waals surface area (Å²) >= 11 is 6.34. The van der Waals surface area contributed by atoms with Gasteiger partial charge in [0.05, 0.1) is 57.0 Å². The maximum atomic E-state index is 15.8. The lowest BCUT2D eigenvalue weighted by Crippen LogP contribution is -2.23.